The predicted molar refractivity (Wildman–Crippen MR) is 90.0 cm³/mol. The van der Waals surface area contributed by atoms with Crippen LogP contribution in [0.5, 0.6) is 5.75 Å². The molecule has 1 aromatic rings. The highest BCUT2D eigenvalue weighted by atomic mass is 19.1. The Morgan fingerprint density at radius 2 is 2.12 bits per heavy atom. The Kier molecular flexibility index (Phi) is 7.79. The van der Waals surface area contributed by atoms with E-state index in [0.717, 1.165) is 0 Å². The van der Waals surface area contributed by atoms with Crippen LogP contribution in [0.25, 0.3) is 0 Å². The number of likely N-dealkylation sites (N-methyl/N-ethyl adjacent to an activating group) is 1. The number of methoxy groups -OCH3 is 1. The molecular formula is C17H25FN2O5. The van der Waals surface area contributed by atoms with Crippen LogP contribution in [0.3, 0.4) is 0 Å². The van der Waals surface area contributed by atoms with Gasteiger partial charge < -0.3 is 24.7 Å². The van der Waals surface area contributed by atoms with Crippen molar-refractivity contribution in [2.24, 2.45) is 0 Å². The maximum Gasteiger partial charge on any atom is 0.290 e. The van der Waals surface area contributed by atoms with Crippen LogP contribution in [0, 0.1) is 5.82 Å². The average molecular weight is 356 g/mol. The summed E-state index contributed by atoms with van der Waals surface area (Å²) in [6, 6.07) is 4.52. The zero-order chi connectivity index (χ0) is 19.0. The van der Waals surface area contributed by atoms with E-state index in [0.29, 0.717) is 31.6 Å². The van der Waals surface area contributed by atoms with Crippen LogP contribution < -0.4 is 4.74 Å². The fraction of sp³-hybridized carbons (Fsp3) is 0.529. The number of amides is 1. The van der Waals surface area contributed by atoms with Gasteiger partial charge in [-0.25, -0.2) is 4.39 Å². The first-order chi connectivity index (χ1) is 11.7. The number of hydrogen-bond donors (Lipinski definition) is 2. The molecule has 0 aliphatic carbocycles. The number of carboxylic acid groups (broad SMARTS) is 1. The Bertz CT molecular complexity index is 596. The van der Waals surface area contributed by atoms with Crippen molar-refractivity contribution in [2.75, 3.05) is 40.8 Å². The molecule has 0 spiro atoms. The molecule has 7 nitrogen and oxygen atoms in total. The molecule has 1 fully saturated rings. The average Bonchev–Trinajstić information content (AvgIpc) is 2.89. The lowest BCUT2D eigenvalue weighted by molar-refractivity contribution is -0.130. The number of likely N-dealkylation sites (tertiary alicyclic amines) is 1. The van der Waals surface area contributed by atoms with E-state index in [1.54, 1.807) is 11.0 Å². The first-order valence-corrected chi connectivity index (χ1v) is 7.80. The van der Waals surface area contributed by atoms with Gasteiger partial charge in [0.2, 0.25) is 5.91 Å². The van der Waals surface area contributed by atoms with Gasteiger partial charge in [0.1, 0.15) is 0 Å². The Morgan fingerprint density at radius 1 is 1.48 bits per heavy atom. The molecule has 1 atom stereocenters. The molecule has 0 radical (unpaired) electrons. The van der Waals surface area contributed by atoms with E-state index in [4.69, 9.17) is 14.6 Å². The standard InChI is InChI=1S/C16H23FN2O3.CH2O2/c1-18(2)10-16(21)6-7-19(11-16)15(20)9-12-4-5-14(22-3)13(17)8-12;2-1-3/h4-5,8,21H,6-7,9-11H2,1-3H3;1H,(H,2,3). The molecule has 0 saturated carbocycles. The quantitative estimate of drug-likeness (QED) is 0.751. The number of halogens is 1. The zero-order valence-electron chi connectivity index (χ0n) is 14.7. The fourth-order valence-corrected chi connectivity index (χ4v) is 2.89. The fourth-order valence-electron chi connectivity index (χ4n) is 2.89. The van der Waals surface area contributed by atoms with Gasteiger partial charge in [0.25, 0.3) is 6.47 Å². The van der Waals surface area contributed by atoms with Gasteiger partial charge in [0.05, 0.1) is 25.7 Å². The molecule has 1 aromatic carbocycles. The Labute approximate surface area is 146 Å². The number of carbonyl (C=O) groups is 2. The summed E-state index contributed by atoms with van der Waals surface area (Å²) in [5, 5.41) is 17.3. The summed E-state index contributed by atoms with van der Waals surface area (Å²) in [6.07, 6.45) is 0.687. The third-order valence-electron chi connectivity index (χ3n) is 3.87. The highest BCUT2D eigenvalue weighted by Gasteiger charge is 2.38. The van der Waals surface area contributed by atoms with Gasteiger partial charge in [-0.2, -0.15) is 0 Å². The van der Waals surface area contributed by atoms with E-state index in [2.05, 4.69) is 0 Å². The topological polar surface area (TPSA) is 90.3 Å². The van der Waals surface area contributed by atoms with E-state index in [1.807, 2.05) is 19.0 Å². The largest absolute Gasteiger partial charge is 0.494 e. The first-order valence-electron chi connectivity index (χ1n) is 7.80. The maximum atomic E-state index is 13.6. The lowest BCUT2D eigenvalue weighted by Gasteiger charge is -2.26. The number of benzene rings is 1. The molecule has 1 heterocycles. The van der Waals surface area contributed by atoms with Gasteiger partial charge >= 0.3 is 0 Å². The maximum absolute atomic E-state index is 13.6. The zero-order valence-corrected chi connectivity index (χ0v) is 14.7. The second kappa shape index (κ2) is 9.33. The molecule has 25 heavy (non-hydrogen) atoms. The van der Waals surface area contributed by atoms with Gasteiger partial charge in [-0.1, -0.05) is 6.07 Å². The molecule has 1 saturated heterocycles. The van der Waals surface area contributed by atoms with E-state index in [9.17, 15) is 14.3 Å². The number of β-amino-alcohol motifs (C(OH)–C–C–N with tert-alkyl or cyclic N) is 1. The normalized spacial score (nSPS) is 19.4. The van der Waals surface area contributed by atoms with E-state index in [1.165, 1.54) is 19.2 Å². The smallest absolute Gasteiger partial charge is 0.290 e. The molecule has 1 unspecified atom stereocenters. The van der Waals surface area contributed by atoms with Gasteiger partial charge in [0, 0.05) is 13.1 Å². The molecule has 0 aromatic heterocycles. The Hall–Kier alpha value is -2.19. The molecule has 1 aliphatic heterocycles. The molecule has 1 aliphatic rings. The van der Waals surface area contributed by atoms with Crippen LogP contribution in [0.2, 0.25) is 0 Å². The summed E-state index contributed by atoms with van der Waals surface area (Å²) in [4.78, 5) is 24.2. The van der Waals surface area contributed by atoms with E-state index >= 15 is 0 Å². The van der Waals surface area contributed by atoms with Crippen molar-refractivity contribution in [3.63, 3.8) is 0 Å². The van der Waals surface area contributed by atoms with Crippen molar-refractivity contribution >= 4 is 12.4 Å². The van der Waals surface area contributed by atoms with Crippen LogP contribution in [0.4, 0.5) is 4.39 Å². The number of aliphatic hydroxyl groups is 1. The van der Waals surface area contributed by atoms with E-state index in [-0.39, 0.29) is 24.5 Å². The van der Waals surface area contributed by atoms with Crippen molar-refractivity contribution in [3.05, 3.63) is 29.6 Å². The molecule has 0 bridgehead atoms. The summed E-state index contributed by atoms with van der Waals surface area (Å²) >= 11 is 0. The second-order valence-corrected chi connectivity index (χ2v) is 6.28. The molecule has 1 amide bonds. The number of hydrogen-bond acceptors (Lipinski definition) is 5. The van der Waals surface area contributed by atoms with Crippen molar-refractivity contribution in [1.82, 2.24) is 9.80 Å². The number of ether oxygens (including phenoxy) is 1. The van der Waals surface area contributed by atoms with Gasteiger partial charge in [-0.05, 0) is 38.2 Å². The summed E-state index contributed by atoms with van der Waals surface area (Å²) in [5.41, 5.74) is -0.254. The van der Waals surface area contributed by atoms with Crippen LogP contribution in [-0.4, -0.2) is 78.8 Å². The van der Waals surface area contributed by atoms with Crippen molar-refractivity contribution < 1.29 is 28.9 Å². The molecule has 2 rings (SSSR count). The van der Waals surface area contributed by atoms with Gasteiger partial charge in [-0.15, -0.1) is 0 Å². The summed E-state index contributed by atoms with van der Waals surface area (Å²) in [7, 11) is 5.18. The van der Waals surface area contributed by atoms with Crippen LogP contribution in [-0.2, 0) is 16.0 Å². The van der Waals surface area contributed by atoms with Gasteiger partial charge in [-0.3, -0.25) is 9.59 Å². The third kappa shape index (κ3) is 6.32. The minimum absolute atomic E-state index is 0.0979. The second-order valence-electron chi connectivity index (χ2n) is 6.28. The van der Waals surface area contributed by atoms with Gasteiger partial charge in [0.15, 0.2) is 11.6 Å². The first kappa shape index (κ1) is 20.9. The SMILES string of the molecule is COc1ccc(CC(=O)N2CCC(O)(CN(C)C)C2)cc1F.O=CO. The Balaban J connectivity index is 0.000000970. The lowest BCUT2D eigenvalue weighted by Crippen LogP contribution is -2.43. The van der Waals surface area contributed by atoms with Crippen molar-refractivity contribution in [2.45, 2.75) is 18.4 Å². The molecule has 140 valence electrons. The Morgan fingerprint density at radius 3 is 2.64 bits per heavy atom. The highest BCUT2D eigenvalue weighted by Crippen LogP contribution is 2.23. The van der Waals surface area contributed by atoms with Crippen LogP contribution >= 0.6 is 0 Å². The molecular weight excluding hydrogens is 331 g/mol. The number of carbonyl (C=O) groups excluding carboxylic acids is 1. The minimum Gasteiger partial charge on any atom is -0.494 e. The number of nitrogens with zero attached hydrogens (tertiary/aromatic N) is 2. The summed E-state index contributed by atoms with van der Waals surface area (Å²) < 4.78 is 18.5. The van der Waals surface area contributed by atoms with Crippen LogP contribution in [0.15, 0.2) is 18.2 Å². The molecule has 8 heteroatoms. The monoisotopic (exact) mass is 356 g/mol. The highest BCUT2D eigenvalue weighted by molar-refractivity contribution is 5.79. The van der Waals surface area contributed by atoms with Crippen LogP contribution in [0.1, 0.15) is 12.0 Å². The third-order valence-corrected chi connectivity index (χ3v) is 3.87. The molecule has 2 N–H and O–H groups in total. The van der Waals surface area contributed by atoms with E-state index < -0.39 is 11.4 Å². The van der Waals surface area contributed by atoms with Crippen molar-refractivity contribution in [1.29, 1.82) is 0 Å². The summed E-state index contributed by atoms with van der Waals surface area (Å²) in [6.45, 7) is 1.12. The number of rotatable bonds is 5. The summed E-state index contributed by atoms with van der Waals surface area (Å²) in [5.74, 6) is -0.407. The lowest BCUT2D eigenvalue weighted by atomic mass is 10.0. The van der Waals surface area contributed by atoms with Crippen molar-refractivity contribution in [3.8, 4) is 5.75 Å². The predicted octanol–water partition coefficient (Wildman–Crippen LogP) is 0.603. The minimum atomic E-state index is -0.857.